The lowest BCUT2D eigenvalue weighted by molar-refractivity contribution is -0.186. The van der Waals surface area contributed by atoms with E-state index in [0.29, 0.717) is 16.8 Å². The first-order chi connectivity index (χ1) is 9.65. The van der Waals surface area contributed by atoms with Crippen molar-refractivity contribution in [2.75, 3.05) is 6.61 Å². The van der Waals surface area contributed by atoms with Crippen molar-refractivity contribution in [3.63, 3.8) is 0 Å². The molecule has 0 amide bonds. The Morgan fingerprint density at radius 2 is 2.00 bits per heavy atom. The molecule has 0 fully saturated rings. The molecule has 0 atom stereocenters. The van der Waals surface area contributed by atoms with Gasteiger partial charge in [0.2, 0.25) is 0 Å². The van der Waals surface area contributed by atoms with E-state index in [2.05, 4.69) is 9.72 Å². The van der Waals surface area contributed by atoms with Gasteiger partial charge in [0.15, 0.2) is 6.61 Å². The molecule has 0 bridgehead atoms. The van der Waals surface area contributed by atoms with Crippen LogP contribution < -0.4 is 5.56 Å². The van der Waals surface area contributed by atoms with Gasteiger partial charge in [0.25, 0.3) is 5.56 Å². The van der Waals surface area contributed by atoms with E-state index in [-0.39, 0.29) is 18.4 Å². The molecule has 0 radical (unpaired) electrons. The van der Waals surface area contributed by atoms with Gasteiger partial charge in [-0.3, -0.25) is 9.59 Å². The van der Waals surface area contributed by atoms with E-state index >= 15 is 0 Å². The van der Waals surface area contributed by atoms with Gasteiger partial charge in [0.1, 0.15) is 11.6 Å². The summed E-state index contributed by atoms with van der Waals surface area (Å²) >= 11 is 0. The second-order valence-corrected chi connectivity index (χ2v) is 4.45. The molecule has 0 aromatic carbocycles. The summed E-state index contributed by atoms with van der Waals surface area (Å²) in [4.78, 5) is 25.2. The second kappa shape index (κ2) is 6.43. The van der Waals surface area contributed by atoms with Crippen molar-refractivity contribution in [1.82, 2.24) is 4.98 Å². The number of carbonyl (C=O) groups is 1. The number of alkyl halides is 3. The van der Waals surface area contributed by atoms with Gasteiger partial charge in [-0.2, -0.15) is 18.4 Å². The summed E-state index contributed by atoms with van der Waals surface area (Å²) in [5, 5.41) is 8.88. The van der Waals surface area contributed by atoms with Crippen molar-refractivity contribution in [1.29, 1.82) is 5.26 Å². The number of aromatic amines is 1. The average molecular weight is 302 g/mol. The van der Waals surface area contributed by atoms with Crippen LogP contribution in [0.15, 0.2) is 4.79 Å². The van der Waals surface area contributed by atoms with Crippen molar-refractivity contribution in [2.45, 2.75) is 32.9 Å². The smallest absolute Gasteiger partial charge is 0.422 e. The number of ether oxygens (including phenoxy) is 1. The highest BCUT2D eigenvalue weighted by Gasteiger charge is 2.29. The molecule has 8 heteroatoms. The number of nitriles is 1. The third kappa shape index (κ3) is 4.63. The number of hydrogen-bond donors (Lipinski definition) is 1. The van der Waals surface area contributed by atoms with Crippen molar-refractivity contribution < 1.29 is 22.7 Å². The van der Waals surface area contributed by atoms with Crippen LogP contribution in [0.4, 0.5) is 13.2 Å². The van der Waals surface area contributed by atoms with Gasteiger partial charge < -0.3 is 9.72 Å². The summed E-state index contributed by atoms with van der Waals surface area (Å²) in [6, 6.07) is 1.76. The van der Waals surface area contributed by atoms with Gasteiger partial charge in [-0.25, -0.2) is 0 Å². The molecule has 1 N–H and O–H groups in total. The highest BCUT2D eigenvalue weighted by Crippen LogP contribution is 2.17. The Morgan fingerprint density at radius 3 is 2.52 bits per heavy atom. The first-order valence-corrected chi connectivity index (χ1v) is 6.00. The number of H-pyrrole nitrogens is 1. The number of aryl methyl sites for hydroxylation is 1. The van der Waals surface area contributed by atoms with Gasteiger partial charge in [0, 0.05) is 12.1 Å². The highest BCUT2D eigenvalue weighted by atomic mass is 19.4. The van der Waals surface area contributed by atoms with E-state index in [1.807, 2.05) is 0 Å². The average Bonchev–Trinajstić information content (AvgIpc) is 2.35. The van der Waals surface area contributed by atoms with Crippen molar-refractivity contribution in [2.24, 2.45) is 0 Å². The van der Waals surface area contributed by atoms with Crippen LogP contribution in [0.3, 0.4) is 0 Å². The minimum Gasteiger partial charge on any atom is -0.456 e. The predicted octanol–water partition coefficient (Wildman–Crippen LogP) is 1.90. The van der Waals surface area contributed by atoms with Gasteiger partial charge in [-0.15, -0.1) is 0 Å². The molecule has 1 aromatic heterocycles. The Kier molecular flexibility index (Phi) is 5.13. The quantitative estimate of drug-likeness (QED) is 0.861. The normalized spacial score (nSPS) is 11.0. The first-order valence-electron chi connectivity index (χ1n) is 6.00. The monoisotopic (exact) mass is 302 g/mol. The van der Waals surface area contributed by atoms with Gasteiger partial charge in [-0.1, -0.05) is 0 Å². The van der Waals surface area contributed by atoms with Crippen LogP contribution in [0, 0.1) is 25.2 Å². The van der Waals surface area contributed by atoms with E-state index in [1.54, 1.807) is 19.9 Å². The van der Waals surface area contributed by atoms with Gasteiger partial charge in [0.05, 0.1) is 0 Å². The largest absolute Gasteiger partial charge is 0.456 e. The van der Waals surface area contributed by atoms with Crippen LogP contribution in [0.25, 0.3) is 0 Å². The third-order valence-corrected chi connectivity index (χ3v) is 2.90. The zero-order valence-corrected chi connectivity index (χ0v) is 11.4. The molecular formula is C13H13F3N2O3. The van der Waals surface area contributed by atoms with E-state index < -0.39 is 24.3 Å². The molecule has 1 heterocycles. The SMILES string of the molecule is Cc1[nH]c(=O)c(C#N)c(C)c1CCC(=O)OCC(F)(F)F. The van der Waals surface area contributed by atoms with Crippen LogP contribution in [-0.4, -0.2) is 23.7 Å². The lowest BCUT2D eigenvalue weighted by Gasteiger charge is -2.11. The fourth-order valence-corrected chi connectivity index (χ4v) is 1.88. The van der Waals surface area contributed by atoms with Crippen LogP contribution in [-0.2, 0) is 16.0 Å². The van der Waals surface area contributed by atoms with Crippen LogP contribution >= 0.6 is 0 Å². The number of nitrogens with zero attached hydrogens (tertiary/aromatic N) is 1. The third-order valence-electron chi connectivity index (χ3n) is 2.90. The second-order valence-electron chi connectivity index (χ2n) is 4.45. The van der Waals surface area contributed by atoms with E-state index in [1.165, 1.54) is 0 Å². The highest BCUT2D eigenvalue weighted by molar-refractivity contribution is 5.70. The predicted molar refractivity (Wildman–Crippen MR) is 66.6 cm³/mol. The van der Waals surface area contributed by atoms with E-state index in [4.69, 9.17) is 5.26 Å². The Balaban J connectivity index is 2.79. The summed E-state index contributed by atoms with van der Waals surface area (Å²) < 4.78 is 39.8. The number of aromatic nitrogens is 1. The maximum Gasteiger partial charge on any atom is 0.422 e. The number of carbonyl (C=O) groups excluding carboxylic acids is 1. The van der Waals surface area contributed by atoms with E-state index in [9.17, 15) is 22.8 Å². The zero-order valence-electron chi connectivity index (χ0n) is 11.4. The first kappa shape index (κ1) is 16.8. The van der Waals surface area contributed by atoms with Crippen LogP contribution in [0.2, 0.25) is 0 Å². The molecule has 21 heavy (non-hydrogen) atoms. The lowest BCUT2D eigenvalue weighted by atomic mass is 9.99. The fraction of sp³-hybridized carbons (Fsp3) is 0.462. The molecular weight excluding hydrogens is 289 g/mol. The molecule has 0 saturated heterocycles. The maximum atomic E-state index is 11.9. The lowest BCUT2D eigenvalue weighted by Crippen LogP contribution is -2.21. The summed E-state index contributed by atoms with van der Waals surface area (Å²) in [7, 11) is 0. The van der Waals surface area contributed by atoms with Crippen LogP contribution in [0.5, 0.6) is 0 Å². The molecule has 1 rings (SSSR count). The molecule has 0 spiro atoms. The maximum absolute atomic E-state index is 11.9. The van der Waals surface area contributed by atoms with Crippen LogP contribution in [0.1, 0.15) is 28.8 Å². The fourth-order valence-electron chi connectivity index (χ4n) is 1.88. The topological polar surface area (TPSA) is 83.0 Å². The summed E-state index contributed by atoms with van der Waals surface area (Å²) in [6.07, 6.45) is -4.75. The molecule has 5 nitrogen and oxygen atoms in total. The van der Waals surface area contributed by atoms with Gasteiger partial charge in [-0.05, 0) is 31.4 Å². The van der Waals surface area contributed by atoms with Crippen molar-refractivity contribution in [3.05, 3.63) is 32.7 Å². The number of pyridine rings is 1. The summed E-state index contributed by atoms with van der Waals surface area (Å²) in [6.45, 7) is 1.52. The Hall–Kier alpha value is -2.30. The number of esters is 1. The molecule has 1 aromatic rings. The zero-order chi connectivity index (χ0) is 16.2. The number of rotatable bonds is 4. The molecule has 0 aliphatic heterocycles. The van der Waals surface area contributed by atoms with Gasteiger partial charge >= 0.3 is 12.1 Å². The number of nitrogens with one attached hydrogen (secondary N) is 1. The number of halogens is 3. The Labute approximate surface area is 118 Å². The molecule has 114 valence electrons. The summed E-state index contributed by atoms with van der Waals surface area (Å²) in [5.41, 5.74) is 0.841. The van der Waals surface area contributed by atoms with Crippen molar-refractivity contribution >= 4 is 5.97 Å². The minimum atomic E-state index is -4.56. The van der Waals surface area contributed by atoms with Crippen molar-refractivity contribution in [3.8, 4) is 6.07 Å². The van der Waals surface area contributed by atoms with E-state index in [0.717, 1.165) is 0 Å². The molecule has 0 saturated carbocycles. The Bertz CT molecular complexity index is 642. The molecule has 0 aliphatic carbocycles. The summed E-state index contributed by atoms with van der Waals surface area (Å²) in [5.74, 6) is -0.990. The molecule has 0 aliphatic rings. The standard InChI is InChI=1S/C13H13F3N2O3/c1-7-9(8(2)18-12(20)10(7)5-17)3-4-11(19)21-6-13(14,15)16/h3-4,6H2,1-2H3,(H,18,20). The number of hydrogen-bond acceptors (Lipinski definition) is 4. The minimum absolute atomic E-state index is 0.0701. The molecule has 0 unspecified atom stereocenters. The Morgan fingerprint density at radius 1 is 1.38 bits per heavy atom.